The quantitative estimate of drug-likeness (QED) is 0.574. The van der Waals surface area contributed by atoms with E-state index in [9.17, 15) is 4.79 Å². The van der Waals surface area contributed by atoms with Crippen molar-refractivity contribution in [3.63, 3.8) is 0 Å². The molecule has 3 rings (SSSR count). The molecule has 0 radical (unpaired) electrons. The van der Waals surface area contributed by atoms with Gasteiger partial charge in [-0.2, -0.15) is 10.2 Å². The summed E-state index contributed by atoms with van der Waals surface area (Å²) in [5, 5.41) is 10.7. The number of aromatic amines is 1. The molecule has 0 fully saturated rings. The number of hydrazone groups is 1. The fourth-order valence-corrected chi connectivity index (χ4v) is 2.05. The average molecular weight is 308 g/mol. The molecule has 0 unspecified atom stereocenters. The van der Waals surface area contributed by atoms with Crippen LogP contribution in [0.1, 0.15) is 27.6 Å². The topological polar surface area (TPSA) is 83.3 Å². The van der Waals surface area contributed by atoms with Crippen LogP contribution in [-0.2, 0) is 0 Å². The van der Waals surface area contributed by atoms with Crippen LogP contribution in [0.5, 0.6) is 0 Å². The first-order valence-corrected chi connectivity index (χ1v) is 7.14. The van der Waals surface area contributed by atoms with Crippen LogP contribution in [-0.4, -0.2) is 22.3 Å². The van der Waals surface area contributed by atoms with E-state index in [1.807, 2.05) is 44.2 Å². The Balaban J connectivity index is 1.66. The molecule has 2 aromatic heterocycles. The van der Waals surface area contributed by atoms with Gasteiger partial charge < -0.3 is 4.42 Å². The lowest BCUT2D eigenvalue weighted by atomic mass is 10.1. The van der Waals surface area contributed by atoms with Crippen molar-refractivity contribution in [2.45, 2.75) is 13.8 Å². The molecule has 23 heavy (non-hydrogen) atoms. The lowest BCUT2D eigenvalue weighted by Crippen LogP contribution is -2.17. The number of H-pyrrole nitrogens is 1. The van der Waals surface area contributed by atoms with Crippen LogP contribution in [0.3, 0.4) is 0 Å². The predicted molar refractivity (Wildman–Crippen MR) is 87.3 cm³/mol. The Labute approximate surface area is 133 Å². The van der Waals surface area contributed by atoms with Crippen LogP contribution in [0.15, 0.2) is 52.0 Å². The lowest BCUT2D eigenvalue weighted by Gasteiger charge is -1.96. The number of nitrogens with zero attached hydrogens (tertiary/aromatic N) is 2. The zero-order chi connectivity index (χ0) is 16.2. The Hall–Kier alpha value is -3.15. The van der Waals surface area contributed by atoms with E-state index >= 15 is 0 Å². The summed E-state index contributed by atoms with van der Waals surface area (Å²) in [6.45, 7) is 3.86. The second kappa shape index (κ2) is 6.31. The molecule has 116 valence electrons. The number of nitrogens with one attached hydrogen (secondary N) is 2. The summed E-state index contributed by atoms with van der Waals surface area (Å²) < 4.78 is 5.32. The largest absolute Gasteiger partial charge is 0.460 e. The summed E-state index contributed by atoms with van der Waals surface area (Å²) >= 11 is 0. The highest BCUT2D eigenvalue weighted by molar-refractivity contribution is 5.93. The molecule has 1 aromatic carbocycles. The lowest BCUT2D eigenvalue weighted by molar-refractivity contribution is 0.0950. The molecule has 2 N–H and O–H groups in total. The van der Waals surface area contributed by atoms with E-state index in [1.165, 1.54) is 11.8 Å². The number of rotatable bonds is 4. The SMILES string of the molecule is Cc1ccc(-c2cc(C(=O)N/N=C/c3ccc(C)o3)[nH]n2)cc1. The first-order valence-electron chi connectivity index (χ1n) is 7.14. The summed E-state index contributed by atoms with van der Waals surface area (Å²) in [6, 6.07) is 13.2. The zero-order valence-electron chi connectivity index (χ0n) is 12.8. The number of aromatic nitrogens is 2. The smallest absolute Gasteiger partial charge is 0.289 e. The number of aryl methyl sites for hydroxylation is 2. The second-order valence-electron chi connectivity index (χ2n) is 5.18. The third-order valence-electron chi connectivity index (χ3n) is 3.29. The highest BCUT2D eigenvalue weighted by Gasteiger charge is 2.10. The Morgan fingerprint density at radius 2 is 2.00 bits per heavy atom. The predicted octanol–water partition coefficient (Wildman–Crippen LogP) is 3.05. The van der Waals surface area contributed by atoms with Gasteiger partial charge in [0.05, 0.1) is 11.9 Å². The first kappa shape index (κ1) is 14.8. The molecular formula is C17H16N4O2. The van der Waals surface area contributed by atoms with Crippen molar-refractivity contribution in [1.82, 2.24) is 15.6 Å². The minimum atomic E-state index is -0.365. The number of carbonyl (C=O) groups is 1. The van der Waals surface area contributed by atoms with Crippen molar-refractivity contribution < 1.29 is 9.21 Å². The molecule has 2 heterocycles. The number of benzene rings is 1. The van der Waals surface area contributed by atoms with Crippen molar-refractivity contribution in [2.24, 2.45) is 5.10 Å². The Morgan fingerprint density at radius 3 is 2.70 bits per heavy atom. The molecule has 0 aliphatic carbocycles. The minimum Gasteiger partial charge on any atom is -0.460 e. The molecule has 0 aliphatic rings. The van der Waals surface area contributed by atoms with Crippen LogP contribution in [0, 0.1) is 13.8 Å². The van der Waals surface area contributed by atoms with Gasteiger partial charge in [-0.25, -0.2) is 5.43 Å². The summed E-state index contributed by atoms with van der Waals surface area (Å²) in [4.78, 5) is 12.0. The van der Waals surface area contributed by atoms with Crippen LogP contribution < -0.4 is 5.43 Å². The van der Waals surface area contributed by atoms with Gasteiger partial charge in [-0.3, -0.25) is 9.89 Å². The van der Waals surface area contributed by atoms with Crippen LogP contribution >= 0.6 is 0 Å². The van der Waals surface area contributed by atoms with Gasteiger partial charge in [-0.1, -0.05) is 29.8 Å². The maximum atomic E-state index is 12.0. The van der Waals surface area contributed by atoms with E-state index in [4.69, 9.17) is 4.42 Å². The van der Waals surface area contributed by atoms with Crippen molar-refractivity contribution in [3.8, 4) is 11.3 Å². The number of hydrogen-bond acceptors (Lipinski definition) is 4. The molecule has 0 atom stereocenters. The van der Waals surface area contributed by atoms with Gasteiger partial charge in [0, 0.05) is 5.56 Å². The van der Waals surface area contributed by atoms with Gasteiger partial charge in [0.1, 0.15) is 17.2 Å². The molecule has 1 amide bonds. The summed E-state index contributed by atoms with van der Waals surface area (Å²) in [5.41, 5.74) is 5.60. The normalized spacial score (nSPS) is 11.0. The van der Waals surface area contributed by atoms with Crippen molar-refractivity contribution >= 4 is 12.1 Å². The zero-order valence-corrected chi connectivity index (χ0v) is 12.8. The number of amides is 1. The Kier molecular flexibility index (Phi) is 4.05. The van der Waals surface area contributed by atoms with Crippen LogP contribution in [0.2, 0.25) is 0 Å². The highest BCUT2D eigenvalue weighted by Crippen LogP contribution is 2.18. The van der Waals surface area contributed by atoms with Crippen LogP contribution in [0.25, 0.3) is 11.3 Å². The summed E-state index contributed by atoms with van der Waals surface area (Å²) in [5.74, 6) is 0.997. The number of hydrogen-bond donors (Lipinski definition) is 2. The molecular weight excluding hydrogens is 292 g/mol. The maximum Gasteiger partial charge on any atom is 0.289 e. The molecule has 0 aliphatic heterocycles. The molecule has 6 heteroatoms. The average Bonchev–Trinajstić information content (AvgIpc) is 3.17. The molecule has 0 saturated heterocycles. The summed E-state index contributed by atoms with van der Waals surface area (Å²) in [7, 11) is 0. The Bertz CT molecular complexity index is 844. The van der Waals surface area contributed by atoms with Crippen molar-refractivity contribution in [2.75, 3.05) is 0 Å². The fourth-order valence-electron chi connectivity index (χ4n) is 2.05. The molecule has 0 bridgehead atoms. The van der Waals surface area contributed by atoms with E-state index in [1.54, 1.807) is 12.1 Å². The fraction of sp³-hybridized carbons (Fsp3) is 0.118. The minimum absolute atomic E-state index is 0.341. The maximum absolute atomic E-state index is 12.0. The molecule has 0 saturated carbocycles. The molecule has 3 aromatic rings. The van der Waals surface area contributed by atoms with Crippen LogP contribution in [0.4, 0.5) is 0 Å². The van der Waals surface area contributed by atoms with Crippen molar-refractivity contribution in [1.29, 1.82) is 0 Å². The van der Waals surface area contributed by atoms with E-state index < -0.39 is 0 Å². The van der Waals surface area contributed by atoms with E-state index in [2.05, 4.69) is 20.7 Å². The van der Waals surface area contributed by atoms with Gasteiger partial charge in [0.2, 0.25) is 0 Å². The third-order valence-corrected chi connectivity index (χ3v) is 3.29. The van der Waals surface area contributed by atoms with E-state index in [0.717, 1.165) is 11.3 Å². The second-order valence-corrected chi connectivity index (χ2v) is 5.18. The van der Waals surface area contributed by atoms with Gasteiger partial charge >= 0.3 is 0 Å². The third kappa shape index (κ3) is 3.55. The standard InChI is InChI=1S/C17H16N4O2/c1-11-3-6-13(7-4-11)15-9-16(20-19-15)17(22)21-18-10-14-8-5-12(2)23-14/h3-10H,1-2H3,(H,19,20)(H,21,22)/b18-10+. The van der Waals surface area contributed by atoms with Gasteiger partial charge in [0.25, 0.3) is 5.91 Å². The number of carbonyl (C=O) groups excluding carboxylic acids is 1. The van der Waals surface area contributed by atoms with E-state index in [-0.39, 0.29) is 5.91 Å². The van der Waals surface area contributed by atoms with Gasteiger partial charge in [0.15, 0.2) is 0 Å². The van der Waals surface area contributed by atoms with Gasteiger partial charge in [-0.15, -0.1) is 0 Å². The molecule has 6 nitrogen and oxygen atoms in total. The molecule has 0 spiro atoms. The van der Waals surface area contributed by atoms with E-state index in [0.29, 0.717) is 17.1 Å². The first-order chi connectivity index (χ1) is 11.1. The number of furan rings is 1. The monoisotopic (exact) mass is 308 g/mol. The Morgan fingerprint density at radius 1 is 1.22 bits per heavy atom. The highest BCUT2D eigenvalue weighted by atomic mass is 16.3. The van der Waals surface area contributed by atoms with Crippen molar-refractivity contribution in [3.05, 3.63) is 65.2 Å². The van der Waals surface area contributed by atoms with Gasteiger partial charge in [-0.05, 0) is 32.0 Å². The summed E-state index contributed by atoms with van der Waals surface area (Å²) in [6.07, 6.45) is 1.45.